The van der Waals surface area contributed by atoms with Crippen LogP contribution in [0.1, 0.15) is 43.5 Å². The van der Waals surface area contributed by atoms with E-state index in [4.69, 9.17) is 4.74 Å². The summed E-state index contributed by atoms with van der Waals surface area (Å²) in [6.07, 6.45) is 6.32. The molecule has 0 amide bonds. The Labute approximate surface area is 139 Å². The molecule has 0 unspecified atom stereocenters. The first-order chi connectivity index (χ1) is 11.2. The highest BCUT2D eigenvalue weighted by Gasteiger charge is 2.33. The van der Waals surface area contributed by atoms with Crippen molar-refractivity contribution in [2.45, 2.75) is 45.6 Å². The Morgan fingerprint density at radius 1 is 1.30 bits per heavy atom. The molecule has 0 spiro atoms. The fourth-order valence-corrected chi connectivity index (χ4v) is 3.32. The average Bonchev–Trinajstić information content (AvgIpc) is 3.02. The Morgan fingerprint density at radius 3 is 2.74 bits per heavy atom. The van der Waals surface area contributed by atoms with Crippen molar-refractivity contribution < 1.29 is 4.74 Å². The summed E-state index contributed by atoms with van der Waals surface area (Å²) in [4.78, 5) is 8.84. The predicted molar refractivity (Wildman–Crippen MR) is 94.6 cm³/mol. The van der Waals surface area contributed by atoms with Crippen LogP contribution in [0.25, 0.3) is 0 Å². The number of aromatic nitrogens is 1. The van der Waals surface area contributed by atoms with Gasteiger partial charge in [0.2, 0.25) is 0 Å². The van der Waals surface area contributed by atoms with Crippen molar-refractivity contribution in [1.29, 1.82) is 0 Å². The molecule has 1 heterocycles. The predicted octanol–water partition coefficient (Wildman–Crippen LogP) is 2.65. The maximum absolute atomic E-state index is 5.30. The van der Waals surface area contributed by atoms with Crippen molar-refractivity contribution >= 4 is 5.96 Å². The number of guanidine groups is 1. The number of aliphatic imine (C=N–C) groups is 1. The summed E-state index contributed by atoms with van der Waals surface area (Å²) in [5.74, 6) is 0.844. The van der Waals surface area contributed by atoms with E-state index < -0.39 is 0 Å². The summed E-state index contributed by atoms with van der Waals surface area (Å²) in [6, 6.07) is 6.08. The van der Waals surface area contributed by atoms with Crippen LogP contribution in [0.3, 0.4) is 0 Å². The largest absolute Gasteiger partial charge is 0.385 e. The van der Waals surface area contributed by atoms with Gasteiger partial charge in [0.1, 0.15) is 0 Å². The molecule has 1 aromatic rings. The van der Waals surface area contributed by atoms with Crippen LogP contribution in [0, 0.1) is 12.3 Å². The Balaban J connectivity index is 1.84. The maximum atomic E-state index is 5.30. The van der Waals surface area contributed by atoms with E-state index >= 15 is 0 Å². The van der Waals surface area contributed by atoms with Gasteiger partial charge in [-0.1, -0.05) is 18.9 Å². The summed E-state index contributed by atoms with van der Waals surface area (Å²) >= 11 is 0. The van der Waals surface area contributed by atoms with E-state index in [0.717, 1.165) is 36.9 Å². The monoisotopic (exact) mass is 318 g/mol. The normalized spacial score (nSPS) is 17.3. The van der Waals surface area contributed by atoms with Gasteiger partial charge in [-0.2, -0.15) is 0 Å². The Morgan fingerprint density at radius 2 is 2.09 bits per heavy atom. The molecule has 1 aliphatic carbocycles. The number of methoxy groups -OCH3 is 1. The SMILES string of the molecule is CN=C(NCc1cccc(C)n1)NCC1(CCOC)CCCC1. The van der Waals surface area contributed by atoms with Gasteiger partial charge in [-0.15, -0.1) is 0 Å². The lowest BCUT2D eigenvalue weighted by Crippen LogP contribution is -2.43. The molecular formula is C18H30N4O. The molecule has 0 atom stereocenters. The third-order valence-corrected chi connectivity index (χ3v) is 4.74. The highest BCUT2D eigenvalue weighted by atomic mass is 16.5. The molecule has 1 aromatic heterocycles. The van der Waals surface area contributed by atoms with Crippen LogP contribution >= 0.6 is 0 Å². The van der Waals surface area contributed by atoms with E-state index in [1.165, 1.54) is 25.7 Å². The van der Waals surface area contributed by atoms with Gasteiger partial charge in [-0.25, -0.2) is 0 Å². The van der Waals surface area contributed by atoms with Crippen LogP contribution in [-0.2, 0) is 11.3 Å². The summed E-state index contributed by atoms with van der Waals surface area (Å²) in [6.45, 7) is 4.49. The second-order valence-corrected chi connectivity index (χ2v) is 6.50. The standard InChI is InChI=1S/C18H30N4O/c1-15-7-6-8-16(22-15)13-20-17(19-2)21-14-18(11-12-23-3)9-4-5-10-18/h6-8H,4-5,9-14H2,1-3H3,(H2,19,20,21). The second-order valence-electron chi connectivity index (χ2n) is 6.50. The molecule has 1 fully saturated rings. The highest BCUT2D eigenvalue weighted by molar-refractivity contribution is 5.79. The van der Waals surface area contributed by atoms with Crippen molar-refractivity contribution in [2.75, 3.05) is 27.3 Å². The first-order valence-corrected chi connectivity index (χ1v) is 8.53. The van der Waals surface area contributed by atoms with E-state index in [-0.39, 0.29) is 0 Å². The van der Waals surface area contributed by atoms with Crippen LogP contribution in [0.15, 0.2) is 23.2 Å². The fourth-order valence-electron chi connectivity index (χ4n) is 3.32. The van der Waals surface area contributed by atoms with Gasteiger partial charge in [0.25, 0.3) is 0 Å². The van der Waals surface area contributed by atoms with Crippen molar-refractivity contribution in [2.24, 2.45) is 10.4 Å². The molecule has 128 valence electrons. The first-order valence-electron chi connectivity index (χ1n) is 8.53. The number of aryl methyl sites for hydroxylation is 1. The lowest BCUT2D eigenvalue weighted by molar-refractivity contribution is 0.138. The number of nitrogens with zero attached hydrogens (tertiary/aromatic N) is 2. The van der Waals surface area contributed by atoms with Crippen LogP contribution in [0.5, 0.6) is 0 Å². The van der Waals surface area contributed by atoms with Gasteiger partial charge in [-0.05, 0) is 43.7 Å². The Bertz CT molecular complexity index is 509. The minimum atomic E-state index is 0.356. The quantitative estimate of drug-likeness (QED) is 0.599. The topological polar surface area (TPSA) is 58.5 Å². The fraction of sp³-hybridized carbons (Fsp3) is 0.667. The highest BCUT2D eigenvalue weighted by Crippen LogP contribution is 2.40. The summed E-state index contributed by atoms with van der Waals surface area (Å²) in [5, 5.41) is 6.86. The lowest BCUT2D eigenvalue weighted by atomic mass is 9.83. The van der Waals surface area contributed by atoms with Gasteiger partial charge in [0.05, 0.1) is 12.2 Å². The smallest absolute Gasteiger partial charge is 0.191 e. The number of ether oxygens (including phenoxy) is 1. The molecule has 1 aliphatic rings. The van der Waals surface area contributed by atoms with Crippen LogP contribution in [0.2, 0.25) is 0 Å². The van der Waals surface area contributed by atoms with Crippen LogP contribution in [-0.4, -0.2) is 38.3 Å². The maximum Gasteiger partial charge on any atom is 0.191 e. The Hall–Kier alpha value is -1.62. The third kappa shape index (κ3) is 5.50. The number of nitrogens with one attached hydrogen (secondary N) is 2. The average molecular weight is 318 g/mol. The molecule has 5 nitrogen and oxygen atoms in total. The molecule has 0 aliphatic heterocycles. The van der Waals surface area contributed by atoms with Crippen LogP contribution < -0.4 is 10.6 Å². The second kappa shape index (κ2) is 8.87. The van der Waals surface area contributed by atoms with E-state index in [2.05, 4.69) is 20.6 Å². The van der Waals surface area contributed by atoms with E-state index in [0.29, 0.717) is 12.0 Å². The molecule has 0 aromatic carbocycles. The van der Waals surface area contributed by atoms with E-state index in [1.54, 1.807) is 7.11 Å². The first kappa shape index (κ1) is 17.7. The molecule has 2 rings (SSSR count). The number of hydrogen-bond donors (Lipinski definition) is 2. The van der Waals surface area contributed by atoms with Crippen molar-refractivity contribution in [1.82, 2.24) is 15.6 Å². The zero-order chi connectivity index (χ0) is 16.5. The summed E-state index contributed by atoms with van der Waals surface area (Å²) in [5.41, 5.74) is 2.43. The molecule has 5 heteroatoms. The van der Waals surface area contributed by atoms with Crippen molar-refractivity contribution in [3.63, 3.8) is 0 Å². The van der Waals surface area contributed by atoms with Gasteiger partial charge in [0, 0.05) is 33.0 Å². The van der Waals surface area contributed by atoms with E-state index in [1.807, 2.05) is 32.2 Å². The minimum Gasteiger partial charge on any atom is -0.385 e. The van der Waals surface area contributed by atoms with Gasteiger partial charge in [-0.3, -0.25) is 9.98 Å². The minimum absolute atomic E-state index is 0.356. The molecule has 0 bridgehead atoms. The molecule has 23 heavy (non-hydrogen) atoms. The van der Waals surface area contributed by atoms with Gasteiger partial charge < -0.3 is 15.4 Å². The van der Waals surface area contributed by atoms with Gasteiger partial charge in [0.15, 0.2) is 5.96 Å². The lowest BCUT2D eigenvalue weighted by Gasteiger charge is -2.29. The molecule has 2 N–H and O–H groups in total. The zero-order valence-corrected chi connectivity index (χ0v) is 14.7. The van der Waals surface area contributed by atoms with E-state index in [9.17, 15) is 0 Å². The van der Waals surface area contributed by atoms with Crippen molar-refractivity contribution in [3.8, 4) is 0 Å². The molecular weight excluding hydrogens is 288 g/mol. The summed E-state index contributed by atoms with van der Waals surface area (Å²) < 4.78 is 5.30. The molecule has 0 radical (unpaired) electrons. The number of hydrogen-bond acceptors (Lipinski definition) is 3. The Kier molecular flexibility index (Phi) is 6.84. The zero-order valence-electron chi connectivity index (χ0n) is 14.7. The molecule has 1 saturated carbocycles. The van der Waals surface area contributed by atoms with Crippen molar-refractivity contribution in [3.05, 3.63) is 29.6 Å². The third-order valence-electron chi connectivity index (χ3n) is 4.74. The number of rotatable bonds is 7. The number of pyridine rings is 1. The van der Waals surface area contributed by atoms with Gasteiger partial charge >= 0.3 is 0 Å². The molecule has 0 saturated heterocycles. The van der Waals surface area contributed by atoms with Crippen LogP contribution in [0.4, 0.5) is 0 Å². The summed E-state index contributed by atoms with van der Waals surface area (Å²) in [7, 11) is 3.60.